The van der Waals surface area contributed by atoms with Crippen molar-refractivity contribution in [2.24, 2.45) is 0 Å². The maximum atomic E-state index is 5.31. The summed E-state index contributed by atoms with van der Waals surface area (Å²) in [7, 11) is 0. The molecule has 0 unspecified atom stereocenters. The van der Waals surface area contributed by atoms with Crippen LogP contribution in [0.1, 0.15) is 0 Å². The minimum absolute atomic E-state index is 0.614. The number of pyridine rings is 1. The van der Waals surface area contributed by atoms with Crippen LogP contribution in [-0.2, 0) is 0 Å². The van der Waals surface area contributed by atoms with Crippen molar-refractivity contribution in [3.05, 3.63) is 140 Å². The van der Waals surface area contributed by atoms with Crippen molar-refractivity contribution in [2.75, 3.05) is 0 Å². The van der Waals surface area contributed by atoms with E-state index in [9.17, 15) is 0 Å². The molecule has 0 aliphatic rings. The van der Waals surface area contributed by atoms with Crippen LogP contribution >= 0.6 is 0 Å². The van der Waals surface area contributed by atoms with Crippen molar-refractivity contribution in [1.82, 2.24) is 23.9 Å². The fraction of sp³-hybridized carbons (Fsp3) is 0. The van der Waals surface area contributed by atoms with Gasteiger partial charge < -0.3 is 4.40 Å². The number of para-hydroxylation sites is 2. The fourth-order valence-electron chi connectivity index (χ4n) is 7.86. The van der Waals surface area contributed by atoms with Gasteiger partial charge in [-0.05, 0) is 47.2 Å². The molecule has 11 rings (SSSR count). The number of rotatable bonds is 2. The molecule has 0 atom stereocenters. The Morgan fingerprint density at radius 1 is 0.457 bits per heavy atom. The van der Waals surface area contributed by atoms with Crippen LogP contribution in [0.2, 0.25) is 0 Å². The molecular formula is C41H23N5. The Balaban J connectivity index is 1.40. The molecule has 5 heterocycles. The summed E-state index contributed by atoms with van der Waals surface area (Å²) in [6, 6.07) is 47.4. The van der Waals surface area contributed by atoms with Gasteiger partial charge in [-0.15, -0.1) is 0 Å². The first-order valence-corrected chi connectivity index (χ1v) is 15.6. The van der Waals surface area contributed by atoms with Gasteiger partial charge in [0.25, 0.3) is 0 Å². The maximum Gasteiger partial charge on any atom is 0.237 e. The molecule has 0 bridgehead atoms. The largest absolute Gasteiger partial charge is 0.308 e. The average molecular weight is 586 g/mol. The third kappa shape index (κ3) is 2.97. The number of benzene rings is 6. The van der Waals surface area contributed by atoms with Crippen LogP contribution in [0.3, 0.4) is 0 Å². The van der Waals surface area contributed by atoms with Gasteiger partial charge in [0.05, 0.1) is 33.3 Å². The Bertz CT molecular complexity index is 3020. The predicted octanol–water partition coefficient (Wildman–Crippen LogP) is 10.1. The lowest BCUT2D eigenvalue weighted by atomic mass is 9.98. The molecule has 0 spiro atoms. The second-order valence-electron chi connectivity index (χ2n) is 12.0. The summed E-state index contributed by atoms with van der Waals surface area (Å²) >= 11 is 0. The number of hydrogen-bond donors (Lipinski definition) is 0. The fourth-order valence-corrected chi connectivity index (χ4v) is 7.86. The highest BCUT2D eigenvalue weighted by atomic mass is 15.2. The van der Waals surface area contributed by atoms with Crippen molar-refractivity contribution in [3.63, 3.8) is 0 Å². The van der Waals surface area contributed by atoms with Gasteiger partial charge in [-0.3, -0.25) is 4.57 Å². The quantitative estimate of drug-likeness (QED) is 0.203. The van der Waals surface area contributed by atoms with Crippen LogP contribution < -0.4 is 0 Å². The van der Waals surface area contributed by atoms with Gasteiger partial charge in [0.2, 0.25) is 5.95 Å². The van der Waals surface area contributed by atoms with E-state index in [0.29, 0.717) is 11.6 Å². The van der Waals surface area contributed by atoms with Crippen LogP contribution in [0, 0.1) is 0 Å². The first-order valence-electron chi connectivity index (χ1n) is 15.6. The lowest BCUT2D eigenvalue weighted by Gasteiger charge is -2.11. The summed E-state index contributed by atoms with van der Waals surface area (Å²) in [5.41, 5.74) is 8.44. The lowest BCUT2D eigenvalue weighted by molar-refractivity contribution is 1.01. The number of nitrogens with zero attached hydrogens (tertiary/aromatic N) is 5. The van der Waals surface area contributed by atoms with E-state index in [0.717, 1.165) is 27.7 Å². The second-order valence-corrected chi connectivity index (χ2v) is 12.0. The van der Waals surface area contributed by atoms with E-state index < -0.39 is 0 Å². The van der Waals surface area contributed by atoms with Crippen LogP contribution in [0.15, 0.2) is 140 Å². The Kier molecular flexibility index (Phi) is 4.52. The topological polar surface area (TPSA) is 48.0 Å². The SMILES string of the molecule is c1ccc(-c2nc(-n3c4ccccc4c4c5c6c7ccccc7ccc6n6c7ccccc7c(cc43)c56)nc3ncccc23)cc1. The molecule has 46 heavy (non-hydrogen) atoms. The highest BCUT2D eigenvalue weighted by molar-refractivity contribution is 6.38. The molecule has 5 nitrogen and oxygen atoms in total. The summed E-state index contributed by atoms with van der Waals surface area (Å²) in [4.78, 5) is 15.2. The molecular weight excluding hydrogens is 562 g/mol. The molecule has 5 aromatic heterocycles. The Hall–Kier alpha value is -6.33. The molecule has 0 amide bonds. The molecule has 11 aromatic rings. The van der Waals surface area contributed by atoms with E-state index in [1.54, 1.807) is 6.20 Å². The molecule has 0 aliphatic carbocycles. The van der Waals surface area contributed by atoms with Gasteiger partial charge in [0.15, 0.2) is 5.65 Å². The molecule has 0 radical (unpaired) electrons. The van der Waals surface area contributed by atoms with Crippen molar-refractivity contribution < 1.29 is 0 Å². The van der Waals surface area contributed by atoms with Gasteiger partial charge in [0.1, 0.15) is 0 Å². The Morgan fingerprint density at radius 2 is 1.17 bits per heavy atom. The normalized spacial score (nSPS) is 12.3. The van der Waals surface area contributed by atoms with Crippen molar-refractivity contribution >= 4 is 81.7 Å². The van der Waals surface area contributed by atoms with Gasteiger partial charge in [-0.25, -0.2) is 9.97 Å². The Morgan fingerprint density at radius 3 is 2.07 bits per heavy atom. The average Bonchev–Trinajstić information content (AvgIpc) is 3.76. The van der Waals surface area contributed by atoms with E-state index >= 15 is 0 Å². The van der Waals surface area contributed by atoms with Crippen molar-refractivity contribution in [1.29, 1.82) is 0 Å². The van der Waals surface area contributed by atoms with Crippen LogP contribution in [0.5, 0.6) is 0 Å². The molecule has 212 valence electrons. The van der Waals surface area contributed by atoms with Crippen LogP contribution in [0.25, 0.3) is 98.9 Å². The molecule has 5 heteroatoms. The number of aromatic nitrogens is 5. The molecule has 6 aromatic carbocycles. The van der Waals surface area contributed by atoms with Gasteiger partial charge in [-0.1, -0.05) is 97.1 Å². The molecule has 0 fully saturated rings. The maximum absolute atomic E-state index is 5.31. The minimum atomic E-state index is 0.614. The first-order chi connectivity index (χ1) is 22.8. The molecule has 0 saturated carbocycles. The summed E-state index contributed by atoms with van der Waals surface area (Å²) in [6.07, 6.45) is 1.81. The third-order valence-electron chi connectivity index (χ3n) is 9.70. The third-order valence-corrected chi connectivity index (χ3v) is 9.70. The summed E-state index contributed by atoms with van der Waals surface area (Å²) in [5.74, 6) is 0.614. The Labute approximate surface area is 261 Å². The summed E-state index contributed by atoms with van der Waals surface area (Å²) < 4.78 is 4.72. The molecule has 0 N–H and O–H groups in total. The minimum Gasteiger partial charge on any atom is -0.308 e. The highest BCUT2D eigenvalue weighted by Gasteiger charge is 2.26. The highest BCUT2D eigenvalue weighted by Crippen LogP contribution is 2.48. The smallest absolute Gasteiger partial charge is 0.237 e. The zero-order chi connectivity index (χ0) is 29.9. The summed E-state index contributed by atoms with van der Waals surface area (Å²) in [6.45, 7) is 0. The number of fused-ring (bicyclic) bond motifs is 13. The predicted molar refractivity (Wildman–Crippen MR) is 189 cm³/mol. The van der Waals surface area contributed by atoms with Crippen molar-refractivity contribution in [2.45, 2.75) is 0 Å². The monoisotopic (exact) mass is 585 g/mol. The van der Waals surface area contributed by atoms with Gasteiger partial charge >= 0.3 is 0 Å². The zero-order valence-corrected chi connectivity index (χ0v) is 24.5. The zero-order valence-electron chi connectivity index (χ0n) is 24.5. The van der Waals surface area contributed by atoms with Crippen molar-refractivity contribution in [3.8, 4) is 17.2 Å². The van der Waals surface area contributed by atoms with Crippen LogP contribution in [-0.4, -0.2) is 23.9 Å². The molecule has 0 aliphatic heterocycles. The van der Waals surface area contributed by atoms with Crippen LogP contribution in [0.4, 0.5) is 0 Å². The van der Waals surface area contributed by atoms with Gasteiger partial charge in [0, 0.05) is 49.5 Å². The van der Waals surface area contributed by atoms with E-state index in [4.69, 9.17) is 15.0 Å². The first kappa shape index (κ1) is 24.0. The summed E-state index contributed by atoms with van der Waals surface area (Å²) in [5, 5.41) is 10.8. The van der Waals surface area contributed by atoms with E-state index in [1.807, 2.05) is 12.1 Å². The standard InChI is InChI=1S/C41H23N5/c1-2-12-25(13-3-1)38-29-17-10-22-42-40(29)44-41(43-38)46-32-19-9-7-16-28(32)36-34(46)23-30-27-15-6-8-18-31(27)45-33-21-20-24-11-4-5-14-26(24)35(33)37(36)39(30)45/h1-23H. The lowest BCUT2D eigenvalue weighted by Crippen LogP contribution is -2.04. The van der Waals surface area contributed by atoms with E-state index in [2.05, 4.69) is 130 Å². The van der Waals surface area contributed by atoms with E-state index in [1.165, 1.54) is 59.6 Å². The molecule has 0 saturated heterocycles. The second kappa shape index (κ2) is 8.65. The number of hydrogen-bond acceptors (Lipinski definition) is 3. The van der Waals surface area contributed by atoms with Gasteiger partial charge in [-0.2, -0.15) is 4.98 Å². The van der Waals surface area contributed by atoms with E-state index in [-0.39, 0.29) is 0 Å².